The monoisotopic (exact) mass is 311 g/mol. The summed E-state index contributed by atoms with van der Waals surface area (Å²) in [4.78, 5) is 21.8. The molecular formula is C11H10BrN3O3. The molecule has 0 aliphatic heterocycles. The summed E-state index contributed by atoms with van der Waals surface area (Å²) in [6, 6.07) is 6.11. The number of benzene rings is 1. The van der Waals surface area contributed by atoms with Gasteiger partial charge in [0, 0.05) is 11.8 Å². The maximum absolute atomic E-state index is 11.6. The summed E-state index contributed by atoms with van der Waals surface area (Å²) in [5.41, 5.74) is 0.154. The van der Waals surface area contributed by atoms with Crippen molar-refractivity contribution < 1.29 is 9.72 Å². The predicted molar refractivity (Wildman–Crippen MR) is 68.8 cm³/mol. The molecule has 1 rings (SSSR count). The average Bonchev–Trinajstić information content (AvgIpc) is 2.32. The van der Waals surface area contributed by atoms with Gasteiger partial charge >= 0.3 is 0 Å². The molecule has 0 spiro atoms. The molecule has 1 unspecified atom stereocenters. The number of hydrogen-bond acceptors (Lipinski definition) is 4. The first-order valence-corrected chi connectivity index (χ1v) is 5.93. The molecule has 0 fully saturated rings. The number of nitro groups is 1. The van der Waals surface area contributed by atoms with Crippen LogP contribution in [0, 0.1) is 27.4 Å². The molecule has 0 radical (unpaired) electrons. The van der Waals surface area contributed by atoms with Crippen LogP contribution in [0.2, 0.25) is 0 Å². The lowest BCUT2D eigenvalue weighted by Crippen LogP contribution is -2.20. The van der Waals surface area contributed by atoms with Crippen LogP contribution in [-0.2, 0) is 4.79 Å². The molecule has 0 bridgehead atoms. The lowest BCUT2D eigenvalue weighted by atomic mass is 10.1. The Morgan fingerprint density at radius 3 is 2.83 bits per heavy atom. The Labute approximate surface area is 112 Å². The Hall–Kier alpha value is -1.94. The van der Waals surface area contributed by atoms with Gasteiger partial charge < -0.3 is 5.32 Å². The molecule has 94 valence electrons. The number of nitrogens with zero attached hydrogens (tertiary/aromatic N) is 2. The molecule has 18 heavy (non-hydrogen) atoms. The van der Waals surface area contributed by atoms with Gasteiger partial charge in [-0.15, -0.1) is 0 Å². The van der Waals surface area contributed by atoms with E-state index in [0.717, 1.165) is 0 Å². The molecule has 0 heterocycles. The van der Waals surface area contributed by atoms with Gasteiger partial charge in [0.15, 0.2) is 0 Å². The van der Waals surface area contributed by atoms with Crippen molar-refractivity contribution in [1.29, 1.82) is 5.26 Å². The summed E-state index contributed by atoms with van der Waals surface area (Å²) >= 11 is 3.05. The molecule has 6 nitrogen and oxygen atoms in total. The second kappa shape index (κ2) is 6.12. The van der Waals surface area contributed by atoms with Gasteiger partial charge in [-0.1, -0.05) is 6.92 Å². The molecular weight excluding hydrogens is 302 g/mol. The summed E-state index contributed by atoms with van der Waals surface area (Å²) in [5.74, 6) is -1.22. The van der Waals surface area contributed by atoms with Crippen LogP contribution in [0.1, 0.15) is 13.3 Å². The van der Waals surface area contributed by atoms with Crippen LogP contribution < -0.4 is 5.32 Å². The number of carbonyl (C=O) groups excluding carboxylic acids is 1. The highest BCUT2D eigenvalue weighted by Gasteiger charge is 2.18. The Kier molecular flexibility index (Phi) is 4.80. The number of amides is 1. The predicted octanol–water partition coefficient (Wildman–Crippen LogP) is 2.85. The quantitative estimate of drug-likeness (QED) is 0.683. The molecule has 1 amide bonds. The van der Waals surface area contributed by atoms with E-state index in [1.807, 2.05) is 6.07 Å². The Morgan fingerprint density at radius 2 is 2.33 bits per heavy atom. The van der Waals surface area contributed by atoms with Crippen molar-refractivity contribution in [3.8, 4) is 6.07 Å². The average molecular weight is 312 g/mol. The van der Waals surface area contributed by atoms with E-state index < -0.39 is 16.7 Å². The van der Waals surface area contributed by atoms with Crippen molar-refractivity contribution >= 4 is 33.2 Å². The number of nitro benzene ring substituents is 1. The fourth-order valence-corrected chi connectivity index (χ4v) is 1.69. The first-order valence-electron chi connectivity index (χ1n) is 5.14. The number of hydrogen-bond donors (Lipinski definition) is 1. The van der Waals surface area contributed by atoms with Crippen LogP contribution in [0.15, 0.2) is 22.7 Å². The zero-order valence-electron chi connectivity index (χ0n) is 9.51. The number of nitriles is 1. The largest absolute Gasteiger partial charge is 0.325 e. The van der Waals surface area contributed by atoms with Crippen LogP contribution in [0.4, 0.5) is 11.4 Å². The minimum absolute atomic E-state index is 0.141. The SMILES string of the molecule is CCC(C#N)C(=O)Nc1ccc(Br)c([N+](=O)[O-])c1. The second-order valence-electron chi connectivity index (χ2n) is 3.50. The molecule has 0 aromatic heterocycles. The summed E-state index contributed by atoms with van der Waals surface area (Å²) in [5, 5.41) is 21.9. The van der Waals surface area contributed by atoms with Crippen molar-refractivity contribution in [2.75, 3.05) is 5.32 Å². The van der Waals surface area contributed by atoms with Crippen LogP contribution in [0.5, 0.6) is 0 Å². The number of anilines is 1. The van der Waals surface area contributed by atoms with E-state index >= 15 is 0 Å². The molecule has 0 aliphatic carbocycles. The molecule has 7 heteroatoms. The highest BCUT2D eigenvalue weighted by Crippen LogP contribution is 2.28. The molecule has 1 atom stereocenters. The molecule has 0 aliphatic rings. The van der Waals surface area contributed by atoms with E-state index in [-0.39, 0.29) is 5.69 Å². The van der Waals surface area contributed by atoms with Crippen LogP contribution >= 0.6 is 15.9 Å². The number of halogens is 1. The molecule has 1 aromatic rings. The normalized spacial score (nSPS) is 11.4. The fraction of sp³-hybridized carbons (Fsp3) is 0.273. The van der Waals surface area contributed by atoms with Crippen molar-refractivity contribution in [3.63, 3.8) is 0 Å². The van der Waals surface area contributed by atoms with Crippen LogP contribution in [0.25, 0.3) is 0 Å². The van der Waals surface area contributed by atoms with E-state index in [1.165, 1.54) is 18.2 Å². The Morgan fingerprint density at radius 1 is 1.67 bits per heavy atom. The van der Waals surface area contributed by atoms with Gasteiger partial charge in [-0.2, -0.15) is 5.26 Å². The lowest BCUT2D eigenvalue weighted by molar-refractivity contribution is -0.385. The van der Waals surface area contributed by atoms with E-state index in [1.54, 1.807) is 6.92 Å². The molecule has 0 saturated carbocycles. The van der Waals surface area contributed by atoms with Gasteiger partial charge in [-0.25, -0.2) is 0 Å². The fourth-order valence-electron chi connectivity index (χ4n) is 1.30. The summed E-state index contributed by atoms with van der Waals surface area (Å²) in [7, 11) is 0. The third-order valence-corrected chi connectivity index (χ3v) is 2.96. The highest BCUT2D eigenvalue weighted by molar-refractivity contribution is 9.10. The minimum atomic E-state index is -0.757. The topological polar surface area (TPSA) is 96.0 Å². The molecule has 1 N–H and O–H groups in total. The van der Waals surface area contributed by atoms with Gasteiger partial charge in [0.25, 0.3) is 5.69 Å². The van der Waals surface area contributed by atoms with E-state index in [2.05, 4.69) is 21.2 Å². The minimum Gasteiger partial charge on any atom is -0.325 e. The molecule has 0 saturated heterocycles. The van der Waals surface area contributed by atoms with Gasteiger partial charge in [0.1, 0.15) is 5.92 Å². The number of nitrogens with one attached hydrogen (secondary N) is 1. The van der Waals surface area contributed by atoms with E-state index in [4.69, 9.17) is 5.26 Å². The second-order valence-corrected chi connectivity index (χ2v) is 4.36. The highest BCUT2D eigenvalue weighted by atomic mass is 79.9. The first kappa shape index (κ1) is 14.1. The van der Waals surface area contributed by atoms with Crippen molar-refractivity contribution in [2.45, 2.75) is 13.3 Å². The third-order valence-electron chi connectivity index (χ3n) is 2.29. The van der Waals surface area contributed by atoms with Crippen LogP contribution in [-0.4, -0.2) is 10.8 Å². The van der Waals surface area contributed by atoms with Crippen molar-refractivity contribution in [3.05, 3.63) is 32.8 Å². The van der Waals surface area contributed by atoms with Gasteiger partial charge in [-0.3, -0.25) is 14.9 Å². The van der Waals surface area contributed by atoms with Crippen molar-refractivity contribution in [1.82, 2.24) is 0 Å². The van der Waals surface area contributed by atoms with Crippen LogP contribution in [0.3, 0.4) is 0 Å². The van der Waals surface area contributed by atoms with Gasteiger partial charge in [0.2, 0.25) is 5.91 Å². The maximum atomic E-state index is 11.6. The standard InChI is InChI=1S/C11H10BrN3O3/c1-2-7(6-13)11(16)14-8-3-4-9(12)10(5-8)15(17)18/h3-5,7H,2H2,1H3,(H,14,16). The Balaban J connectivity index is 2.93. The lowest BCUT2D eigenvalue weighted by Gasteiger charge is -2.08. The number of rotatable bonds is 4. The maximum Gasteiger partial charge on any atom is 0.285 e. The van der Waals surface area contributed by atoms with E-state index in [9.17, 15) is 14.9 Å². The zero-order chi connectivity index (χ0) is 13.7. The third kappa shape index (κ3) is 3.28. The number of carbonyl (C=O) groups is 1. The zero-order valence-corrected chi connectivity index (χ0v) is 11.1. The van der Waals surface area contributed by atoms with E-state index in [0.29, 0.717) is 16.6 Å². The smallest absolute Gasteiger partial charge is 0.285 e. The summed E-state index contributed by atoms with van der Waals surface area (Å²) < 4.78 is 0.331. The Bertz CT molecular complexity index is 525. The summed E-state index contributed by atoms with van der Waals surface area (Å²) in [6.07, 6.45) is 0.390. The molecule has 1 aromatic carbocycles. The summed E-state index contributed by atoms with van der Waals surface area (Å²) in [6.45, 7) is 1.72. The first-order chi connectivity index (χ1) is 8.49. The van der Waals surface area contributed by atoms with Crippen molar-refractivity contribution in [2.24, 2.45) is 5.92 Å². The van der Waals surface area contributed by atoms with Gasteiger partial charge in [0.05, 0.1) is 15.5 Å². The van der Waals surface area contributed by atoms with Gasteiger partial charge in [-0.05, 0) is 34.5 Å².